The summed E-state index contributed by atoms with van der Waals surface area (Å²) >= 11 is 1.71. The highest BCUT2D eigenvalue weighted by molar-refractivity contribution is 7.09. The maximum atomic E-state index is 5.79. The van der Waals surface area contributed by atoms with Gasteiger partial charge >= 0.3 is 0 Å². The zero-order chi connectivity index (χ0) is 15.6. The molecule has 0 amide bonds. The lowest BCUT2D eigenvalue weighted by Crippen LogP contribution is -2.31. The molecule has 2 aromatic heterocycles. The first-order valence-corrected chi connectivity index (χ1v) is 9.21. The van der Waals surface area contributed by atoms with Crippen molar-refractivity contribution in [3.8, 4) is 0 Å². The predicted octanol–water partition coefficient (Wildman–Crippen LogP) is 2.89. The minimum absolute atomic E-state index is 0.311. The molecule has 0 aromatic carbocycles. The Labute approximate surface area is 139 Å². The predicted molar refractivity (Wildman–Crippen MR) is 86.2 cm³/mol. The van der Waals surface area contributed by atoms with Gasteiger partial charge in [-0.05, 0) is 32.6 Å². The molecule has 0 unspecified atom stereocenters. The van der Waals surface area contributed by atoms with Crippen LogP contribution in [0.1, 0.15) is 54.0 Å². The Bertz CT molecular complexity index is 646. The van der Waals surface area contributed by atoms with Crippen molar-refractivity contribution in [3.05, 3.63) is 27.8 Å². The molecule has 0 spiro atoms. The summed E-state index contributed by atoms with van der Waals surface area (Å²) in [6, 6.07) is 0. The van der Waals surface area contributed by atoms with Crippen LogP contribution >= 0.6 is 11.3 Å². The molecule has 0 bridgehead atoms. The molecule has 1 atom stereocenters. The third-order valence-corrected chi connectivity index (χ3v) is 5.24. The molecule has 6 nitrogen and oxygen atoms in total. The van der Waals surface area contributed by atoms with E-state index >= 15 is 0 Å². The highest BCUT2D eigenvalue weighted by Gasteiger charge is 2.30. The first-order chi connectivity index (χ1) is 11.3. The van der Waals surface area contributed by atoms with Gasteiger partial charge in [0.1, 0.15) is 5.01 Å². The fraction of sp³-hybridized carbons (Fsp3) is 0.688. The summed E-state index contributed by atoms with van der Waals surface area (Å²) in [5.74, 6) is 2.09. The molecular weight excluding hydrogens is 312 g/mol. The molecular formula is C16H22N4O2S. The molecule has 1 aliphatic heterocycles. The second-order valence-corrected chi connectivity index (χ2v) is 7.45. The van der Waals surface area contributed by atoms with Gasteiger partial charge in [0.25, 0.3) is 0 Å². The molecule has 4 rings (SSSR count). The van der Waals surface area contributed by atoms with Gasteiger partial charge in [0.15, 0.2) is 5.82 Å². The number of nitrogens with zero attached hydrogens (tertiary/aromatic N) is 4. The van der Waals surface area contributed by atoms with Gasteiger partial charge in [0, 0.05) is 30.1 Å². The minimum Gasteiger partial charge on any atom is -0.377 e. The molecule has 0 N–H and O–H groups in total. The summed E-state index contributed by atoms with van der Waals surface area (Å²) in [6.07, 6.45) is 4.96. The van der Waals surface area contributed by atoms with Crippen molar-refractivity contribution >= 4 is 11.3 Å². The summed E-state index contributed by atoms with van der Waals surface area (Å²) in [4.78, 5) is 11.5. The number of aromatic nitrogens is 3. The van der Waals surface area contributed by atoms with Crippen molar-refractivity contribution in [2.75, 3.05) is 13.2 Å². The maximum absolute atomic E-state index is 5.79. The van der Waals surface area contributed by atoms with Gasteiger partial charge in [0.05, 0.1) is 19.2 Å². The minimum atomic E-state index is 0.311. The molecule has 1 saturated carbocycles. The number of ether oxygens (including phenoxy) is 1. The monoisotopic (exact) mass is 334 g/mol. The summed E-state index contributed by atoms with van der Waals surface area (Å²) < 4.78 is 11.2. The molecule has 124 valence electrons. The number of aryl methyl sites for hydroxylation is 1. The lowest BCUT2D eigenvalue weighted by Gasteiger charge is -2.22. The van der Waals surface area contributed by atoms with Crippen LogP contribution in [-0.4, -0.2) is 39.3 Å². The van der Waals surface area contributed by atoms with Crippen LogP contribution in [0.4, 0.5) is 0 Å². The van der Waals surface area contributed by atoms with Crippen LogP contribution in [-0.2, 0) is 17.8 Å². The third-order valence-electron chi connectivity index (χ3n) is 4.29. The van der Waals surface area contributed by atoms with E-state index in [9.17, 15) is 0 Å². The lowest BCUT2D eigenvalue weighted by atomic mass is 10.2. The third kappa shape index (κ3) is 3.97. The smallest absolute Gasteiger partial charge is 0.229 e. The Morgan fingerprint density at radius 2 is 2.17 bits per heavy atom. The zero-order valence-electron chi connectivity index (χ0n) is 13.4. The van der Waals surface area contributed by atoms with Gasteiger partial charge < -0.3 is 9.26 Å². The van der Waals surface area contributed by atoms with E-state index in [1.165, 1.54) is 12.8 Å². The van der Waals surface area contributed by atoms with Crippen LogP contribution in [0, 0.1) is 6.92 Å². The van der Waals surface area contributed by atoms with Crippen LogP contribution in [0.3, 0.4) is 0 Å². The van der Waals surface area contributed by atoms with Crippen LogP contribution in [0.15, 0.2) is 9.90 Å². The van der Waals surface area contributed by atoms with Crippen molar-refractivity contribution in [1.82, 2.24) is 20.0 Å². The molecule has 2 aromatic rings. The fourth-order valence-electron chi connectivity index (χ4n) is 2.96. The normalized spacial score (nSPS) is 21.4. The molecule has 1 aliphatic carbocycles. The molecule has 2 fully saturated rings. The van der Waals surface area contributed by atoms with Crippen molar-refractivity contribution < 1.29 is 9.26 Å². The van der Waals surface area contributed by atoms with E-state index < -0.39 is 0 Å². The maximum Gasteiger partial charge on any atom is 0.229 e. The second kappa shape index (κ2) is 6.67. The van der Waals surface area contributed by atoms with Crippen LogP contribution < -0.4 is 0 Å². The Kier molecular flexibility index (Phi) is 4.41. The van der Waals surface area contributed by atoms with Gasteiger partial charge in [-0.25, -0.2) is 4.98 Å². The van der Waals surface area contributed by atoms with Gasteiger partial charge in [-0.2, -0.15) is 4.98 Å². The van der Waals surface area contributed by atoms with Crippen molar-refractivity contribution in [1.29, 1.82) is 0 Å². The molecule has 2 aliphatic rings. The van der Waals surface area contributed by atoms with Crippen LogP contribution in [0.2, 0.25) is 0 Å². The van der Waals surface area contributed by atoms with E-state index in [1.54, 1.807) is 11.3 Å². The molecule has 23 heavy (non-hydrogen) atoms. The second-order valence-electron chi connectivity index (χ2n) is 6.51. The van der Waals surface area contributed by atoms with Gasteiger partial charge in [-0.3, -0.25) is 4.90 Å². The number of hydrogen-bond donors (Lipinski definition) is 0. The number of thiazole rings is 1. The zero-order valence-corrected chi connectivity index (χ0v) is 14.2. The summed E-state index contributed by atoms with van der Waals surface area (Å²) in [6.45, 7) is 5.31. The van der Waals surface area contributed by atoms with E-state index in [2.05, 4.69) is 25.4 Å². The Morgan fingerprint density at radius 1 is 1.26 bits per heavy atom. The fourth-order valence-corrected chi connectivity index (χ4v) is 3.77. The standard InChI is InChI=1S/C16H22N4O2S/c1-11-10-23-15(17-11)9-20(7-13-3-2-6-21-13)8-14-18-16(22-19-14)12-4-5-12/h10,12-13H,2-9H2,1H3/t13-/m0/s1. The average molecular weight is 334 g/mol. The first-order valence-electron chi connectivity index (χ1n) is 8.34. The van der Waals surface area contributed by atoms with Crippen molar-refractivity contribution in [2.45, 2.75) is 57.7 Å². The molecule has 3 heterocycles. The van der Waals surface area contributed by atoms with Gasteiger partial charge in [0.2, 0.25) is 5.89 Å². The highest BCUT2D eigenvalue weighted by Crippen LogP contribution is 2.38. The van der Waals surface area contributed by atoms with Crippen molar-refractivity contribution in [2.24, 2.45) is 0 Å². The molecule has 1 saturated heterocycles. The average Bonchev–Trinajstić information content (AvgIpc) is 2.90. The summed E-state index contributed by atoms with van der Waals surface area (Å²) in [7, 11) is 0. The van der Waals surface area contributed by atoms with E-state index in [0.29, 0.717) is 18.6 Å². The molecule has 0 radical (unpaired) electrons. The van der Waals surface area contributed by atoms with Crippen LogP contribution in [0.25, 0.3) is 0 Å². The Morgan fingerprint density at radius 3 is 2.87 bits per heavy atom. The Hall–Kier alpha value is -1.31. The van der Waals surface area contributed by atoms with E-state index in [4.69, 9.17) is 9.26 Å². The van der Waals surface area contributed by atoms with E-state index in [1.807, 2.05) is 6.92 Å². The first kappa shape index (κ1) is 15.2. The van der Waals surface area contributed by atoms with Gasteiger partial charge in [-0.15, -0.1) is 11.3 Å². The molecule has 7 heteroatoms. The highest BCUT2D eigenvalue weighted by atomic mass is 32.1. The summed E-state index contributed by atoms with van der Waals surface area (Å²) in [5.41, 5.74) is 1.08. The van der Waals surface area contributed by atoms with E-state index in [0.717, 1.165) is 55.0 Å². The Balaban J connectivity index is 1.43. The summed E-state index contributed by atoms with van der Waals surface area (Å²) in [5, 5.41) is 7.38. The van der Waals surface area contributed by atoms with Crippen molar-refractivity contribution in [3.63, 3.8) is 0 Å². The number of rotatable bonds is 7. The SMILES string of the molecule is Cc1csc(CN(Cc2noc(C3CC3)n2)C[C@@H]2CCCO2)n1. The lowest BCUT2D eigenvalue weighted by molar-refractivity contribution is 0.0667. The van der Waals surface area contributed by atoms with E-state index in [-0.39, 0.29) is 0 Å². The quantitative estimate of drug-likeness (QED) is 0.776. The largest absolute Gasteiger partial charge is 0.377 e. The topological polar surface area (TPSA) is 64.3 Å². The van der Waals surface area contributed by atoms with Crippen LogP contribution in [0.5, 0.6) is 0 Å². The number of hydrogen-bond acceptors (Lipinski definition) is 7. The van der Waals surface area contributed by atoms with Gasteiger partial charge in [-0.1, -0.05) is 5.16 Å².